The Bertz CT molecular complexity index is 782. The van der Waals surface area contributed by atoms with Gasteiger partial charge in [0.1, 0.15) is 5.82 Å². The van der Waals surface area contributed by atoms with Crippen LogP contribution >= 0.6 is 0 Å². The van der Waals surface area contributed by atoms with Gasteiger partial charge in [-0.05, 0) is 37.1 Å². The van der Waals surface area contributed by atoms with E-state index >= 15 is 0 Å². The molecule has 2 amide bonds. The van der Waals surface area contributed by atoms with Crippen molar-refractivity contribution in [2.24, 2.45) is 5.92 Å². The minimum absolute atomic E-state index is 0.0469. The van der Waals surface area contributed by atoms with Crippen LogP contribution < -0.4 is 15.5 Å². The quantitative estimate of drug-likeness (QED) is 0.773. The first-order chi connectivity index (χ1) is 13.2. The number of carbonyl (C=O) groups is 2. The highest BCUT2D eigenvalue weighted by molar-refractivity contribution is 6.04. The van der Waals surface area contributed by atoms with Gasteiger partial charge in [0.05, 0.1) is 11.9 Å². The Morgan fingerprint density at radius 3 is 2.52 bits per heavy atom. The molecule has 0 saturated carbocycles. The highest BCUT2D eigenvalue weighted by Crippen LogP contribution is 2.23. The highest BCUT2D eigenvalue weighted by atomic mass is 16.2. The lowest BCUT2D eigenvalue weighted by Crippen LogP contribution is -2.40. The third-order valence-electron chi connectivity index (χ3n) is 4.65. The van der Waals surface area contributed by atoms with Gasteiger partial charge in [-0.15, -0.1) is 6.58 Å². The molecule has 2 heterocycles. The van der Waals surface area contributed by atoms with Crippen molar-refractivity contribution in [3.05, 3.63) is 66.9 Å². The zero-order valence-electron chi connectivity index (χ0n) is 15.2. The van der Waals surface area contributed by atoms with Crippen molar-refractivity contribution in [3.63, 3.8) is 0 Å². The second kappa shape index (κ2) is 8.98. The maximum absolute atomic E-state index is 12.2. The summed E-state index contributed by atoms with van der Waals surface area (Å²) in [5.74, 6) is 0.848. The Hall–Kier alpha value is -3.15. The number of pyridine rings is 1. The Kier molecular flexibility index (Phi) is 6.20. The molecular formula is C21H24N4O2. The fourth-order valence-corrected chi connectivity index (χ4v) is 3.13. The number of nitrogens with zero attached hydrogens (tertiary/aromatic N) is 2. The van der Waals surface area contributed by atoms with Crippen LogP contribution in [0.2, 0.25) is 0 Å². The molecule has 1 aromatic carbocycles. The summed E-state index contributed by atoms with van der Waals surface area (Å²) in [7, 11) is 0. The van der Waals surface area contributed by atoms with E-state index in [1.54, 1.807) is 24.4 Å². The number of nitrogens with one attached hydrogen (secondary N) is 2. The predicted octanol–water partition coefficient (Wildman–Crippen LogP) is 2.85. The van der Waals surface area contributed by atoms with Crippen LogP contribution in [0, 0.1) is 5.92 Å². The maximum Gasteiger partial charge on any atom is 0.255 e. The molecule has 1 aliphatic rings. The van der Waals surface area contributed by atoms with Gasteiger partial charge in [-0.3, -0.25) is 9.59 Å². The van der Waals surface area contributed by atoms with Crippen molar-refractivity contribution in [1.82, 2.24) is 10.3 Å². The molecule has 1 aliphatic heterocycles. The highest BCUT2D eigenvalue weighted by Gasteiger charge is 2.25. The van der Waals surface area contributed by atoms with Crippen molar-refractivity contribution >= 4 is 23.3 Å². The summed E-state index contributed by atoms with van der Waals surface area (Å²) in [6.45, 7) is 5.70. The smallest absolute Gasteiger partial charge is 0.255 e. The summed E-state index contributed by atoms with van der Waals surface area (Å²) >= 11 is 0. The average Bonchev–Trinajstić information content (AvgIpc) is 2.73. The molecule has 2 N–H and O–H groups in total. The number of hydrogen-bond donors (Lipinski definition) is 2. The lowest BCUT2D eigenvalue weighted by Gasteiger charge is -2.32. The standard InChI is InChI=1S/C21H24N4O2/c1-2-12-22-20(26)17-10-13-25(14-11-17)19-9-8-18(15-23-19)24-21(27)16-6-4-3-5-7-16/h2-9,15,17H,1,10-14H2,(H,22,26)(H,24,27). The first kappa shape index (κ1) is 18.6. The van der Waals surface area contributed by atoms with E-state index in [1.165, 1.54) is 0 Å². The van der Waals surface area contributed by atoms with E-state index in [1.807, 2.05) is 30.3 Å². The van der Waals surface area contributed by atoms with Crippen molar-refractivity contribution in [2.75, 3.05) is 29.9 Å². The average molecular weight is 364 g/mol. The van der Waals surface area contributed by atoms with Crippen LogP contribution in [0.5, 0.6) is 0 Å². The molecule has 6 nitrogen and oxygen atoms in total. The second-order valence-electron chi connectivity index (χ2n) is 6.52. The normalized spacial score (nSPS) is 14.4. The van der Waals surface area contributed by atoms with E-state index < -0.39 is 0 Å². The molecule has 0 radical (unpaired) electrons. The topological polar surface area (TPSA) is 74.3 Å². The molecule has 1 fully saturated rings. The molecular weight excluding hydrogens is 340 g/mol. The number of aromatic nitrogens is 1. The summed E-state index contributed by atoms with van der Waals surface area (Å²) < 4.78 is 0. The van der Waals surface area contributed by atoms with Gasteiger partial charge in [-0.25, -0.2) is 4.98 Å². The Balaban J connectivity index is 1.53. The number of hydrogen-bond acceptors (Lipinski definition) is 4. The molecule has 0 bridgehead atoms. The van der Waals surface area contributed by atoms with E-state index in [-0.39, 0.29) is 17.7 Å². The van der Waals surface area contributed by atoms with Crippen molar-refractivity contribution in [3.8, 4) is 0 Å². The van der Waals surface area contributed by atoms with Crippen LogP contribution in [0.15, 0.2) is 61.3 Å². The van der Waals surface area contributed by atoms with Gasteiger partial charge < -0.3 is 15.5 Å². The number of amides is 2. The molecule has 0 spiro atoms. The lowest BCUT2D eigenvalue weighted by atomic mass is 9.96. The molecule has 0 aliphatic carbocycles. The van der Waals surface area contributed by atoms with E-state index in [4.69, 9.17) is 0 Å². The molecule has 2 aromatic rings. The van der Waals surface area contributed by atoms with Gasteiger partial charge >= 0.3 is 0 Å². The zero-order valence-corrected chi connectivity index (χ0v) is 15.2. The maximum atomic E-state index is 12.2. The molecule has 0 atom stereocenters. The van der Waals surface area contributed by atoms with Gasteiger partial charge in [0, 0.05) is 31.1 Å². The first-order valence-electron chi connectivity index (χ1n) is 9.13. The van der Waals surface area contributed by atoms with Gasteiger partial charge in [-0.1, -0.05) is 24.3 Å². The Labute approximate surface area is 159 Å². The fraction of sp³-hybridized carbons (Fsp3) is 0.286. The second-order valence-corrected chi connectivity index (χ2v) is 6.52. The van der Waals surface area contributed by atoms with Crippen LogP contribution in [-0.2, 0) is 4.79 Å². The summed E-state index contributed by atoms with van der Waals surface area (Å²) in [6.07, 6.45) is 4.96. The number of piperidine rings is 1. The minimum Gasteiger partial charge on any atom is -0.357 e. The molecule has 140 valence electrons. The number of carbonyl (C=O) groups excluding carboxylic acids is 2. The summed E-state index contributed by atoms with van der Waals surface area (Å²) in [5.41, 5.74) is 1.27. The van der Waals surface area contributed by atoms with Gasteiger partial charge in [0.25, 0.3) is 5.91 Å². The van der Waals surface area contributed by atoms with Gasteiger partial charge in [0.15, 0.2) is 0 Å². The van der Waals surface area contributed by atoms with Crippen molar-refractivity contribution < 1.29 is 9.59 Å². The Morgan fingerprint density at radius 2 is 1.89 bits per heavy atom. The summed E-state index contributed by atoms with van der Waals surface area (Å²) in [6, 6.07) is 12.8. The van der Waals surface area contributed by atoms with E-state index in [9.17, 15) is 9.59 Å². The largest absolute Gasteiger partial charge is 0.357 e. The molecule has 3 rings (SSSR count). The van der Waals surface area contributed by atoms with Gasteiger partial charge in [-0.2, -0.15) is 0 Å². The number of anilines is 2. The molecule has 6 heteroatoms. The van der Waals surface area contributed by atoms with E-state index in [0.717, 1.165) is 31.7 Å². The predicted molar refractivity (Wildman–Crippen MR) is 107 cm³/mol. The van der Waals surface area contributed by atoms with Crippen LogP contribution in [-0.4, -0.2) is 36.4 Å². The molecule has 1 saturated heterocycles. The summed E-state index contributed by atoms with van der Waals surface area (Å²) in [5, 5.41) is 5.71. The fourth-order valence-electron chi connectivity index (χ4n) is 3.13. The van der Waals surface area contributed by atoms with E-state index in [2.05, 4.69) is 27.1 Å². The number of benzene rings is 1. The monoisotopic (exact) mass is 364 g/mol. The first-order valence-corrected chi connectivity index (χ1v) is 9.13. The third-order valence-corrected chi connectivity index (χ3v) is 4.65. The molecule has 27 heavy (non-hydrogen) atoms. The van der Waals surface area contributed by atoms with Gasteiger partial charge in [0.2, 0.25) is 5.91 Å². The zero-order chi connectivity index (χ0) is 19.1. The van der Waals surface area contributed by atoms with Crippen LogP contribution in [0.25, 0.3) is 0 Å². The van der Waals surface area contributed by atoms with Crippen LogP contribution in [0.4, 0.5) is 11.5 Å². The van der Waals surface area contributed by atoms with Crippen LogP contribution in [0.3, 0.4) is 0 Å². The minimum atomic E-state index is -0.156. The summed E-state index contributed by atoms with van der Waals surface area (Å²) in [4.78, 5) is 30.8. The van der Waals surface area contributed by atoms with Crippen LogP contribution in [0.1, 0.15) is 23.2 Å². The van der Waals surface area contributed by atoms with Crippen molar-refractivity contribution in [2.45, 2.75) is 12.8 Å². The Morgan fingerprint density at radius 1 is 1.15 bits per heavy atom. The molecule has 0 unspecified atom stereocenters. The third kappa shape index (κ3) is 4.94. The van der Waals surface area contributed by atoms with Crippen molar-refractivity contribution in [1.29, 1.82) is 0 Å². The SMILES string of the molecule is C=CCNC(=O)C1CCN(c2ccc(NC(=O)c3ccccc3)cn2)CC1. The van der Waals surface area contributed by atoms with E-state index in [0.29, 0.717) is 17.8 Å². The lowest BCUT2D eigenvalue weighted by molar-refractivity contribution is -0.125. The molecule has 1 aromatic heterocycles. The number of rotatable bonds is 6.